The molecule has 2 aromatic carbocycles. The minimum absolute atomic E-state index is 0.146. The van der Waals surface area contributed by atoms with Gasteiger partial charge in [0.1, 0.15) is 0 Å². The molecule has 28 heavy (non-hydrogen) atoms. The van der Waals surface area contributed by atoms with E-state index in [1.807, 2.05) is 12.1 Å². The Hall–Kier alpha value is -2.88. The predicted octanol–water partition coefficient (Wildman–Crippen LogP) is 6.08. The van der Waals surface area contributed by atoms with Crippen molar-refractivity contribution in [1.82, 2.24) is 4.57 Å². The van der Waals surface area contributed by atoms with E-state index in [1.54, 1.807) is 12.1 Å². The molecular formula is C24H26N2O2. The van der Waals surface area contributed by atoms with Gasteiger partial charge in [0, 0.05) is 35.6 Å². The third-order valence-electron chi connectivity index (χ3n) is 5.88. The van der Waals surface area contributed by atoms with Crippen LogP contribution in [0.2, 0.25) is 0 Å². The van der Waals surface area contributed by atoms with Gasteiger partial charge < -0.3 is 4.57 Å². The maximum absolute atomic E-state index is 11.0. The Labute approximate surface area is 166 Å². The lowest BCUT2D eigenvalue weighted by Gasteiger charge is -2.15. The number of hydrogen-bond acceptors (Lipinski definition) is 2. The van der Waals surface area contributed by atoms with Gasteiger partial charge in [-0.3, -0.25) is 10.1 Å². The third kappa shape index (κ3) is 3.59. The number of benzene rings is 2. The second-order valence-electron chi connectivity index (χ2n) is 7.68. The van der Waals surface area contributed by atoms with E-state index in [4.69, 9.17) is 0 Å². The van der Waals surface area contributed by atoms with Gasteiger partial charge in [-0.2, -0.15) is 0 Å². The molecular weight excluding hydrogens is 348 g/mol. The molecule has 1 heterocycles. The van der Waals surface area contributed by atoms with E-state index in [9.17, 15) is 10.1 Å². The van der Waals surface area contributed by atoms with Crippen LogP contribution >= 0.6 is 0 Å². The van der Waals surface area contributed by atoms with Gasteiger partial charge in [-0.15, -0.1) is 0 Å². The Balaban J connectivity index is 1.83. The SMILES string of the molecule is Cc1c(-c2ccc([N+](=O)[O-])cc2)c2c(n1Cc1ccccc1)CCCCCC2. The van der Waals surface area contributed by atoms with Crippen molar-refractivity contribution in [2.24, 2.45) is 0 Å². The molecule has 1 aliphatic rings. The molecule has 0 spiro atoms. The van der Waals surface area contributed by atoms with Crippen molar-refractivity contribution in [3.05, 3.63) is 87.2 Å². The minimum atomic E-state index is -0.331. The molecule has 4 nitrogen and oxygen atoms in total. The third-order valence-corrected chi connectivity index (χ3v) is 5.88. The molecule has 0 atom stereocenters. The molecule has 3 aromatic rings. The van der Waals surface area contributed by atoms with Gasteiger partial charge in [-0.05, 0) is 61.4 Å². The number of nitro groups is 1. The molecule has 0 saturated carbocycles. The van der Waals surface area contributed by atoms with Crippen molar-refractivity contribution < 1.29 is 4.92 Å². The maximum Gasteiger partial charge on any atom is 0.269 e. The molecule has 1 aromatic heterocycles. The number of rotatable bonds is 4. The Morgan fingerprint density at radius 2 is 1.61 bits per heavy atom. The van der Waals surface area contributed by atoms with Crippen LogP contribution in [0.15, 0.2) is 54.6 Å². The predicted molar refractivity (Wildman–Crippen MR) is 113 cm³/mol. The van der Waals surface area contributed by atoms with Gasteiger partial charge in [-0.1, -0.05) is 43.2 Å². The average molecular weight is 374 g/mol. The molecule has 4 rings (SSSR count). The fourth-order valence-electron chi connectivity index (χ4n) is 4.48. The molecule has 0 bridgehead atoms. The molecule has 0 fully saturated rings. The van der Waals surface area contributed by atoms with E-state index in [1.165, 1.54) is 53.8 Å². The van der Waals surface area contributed by atoms with Gasteiger partial charge >= 0.3 is 0 Å². The van der Waals surface area contributed by atoms with Crippen LogP contribution in [0.25, 0.3) is 11.1 Å². The Kier molecular flexibility index (Phi) is 5.29. The molecule has 144 valence electrons. The van der Waals surface area contributed by atoms with E-state index < -0.39 is 0 Å². The summed E-state index contributed by atoms with van der Waals surface area (Å²) >= 11 is 0. The summed E-state index contributed by atoms with van der Waals surface area (Å²) in [5, 5.41) is 11.0. The summed E-state index contributed by atoms with van der Waals surface area (Å²) in [6.45, 7) is 3.08. The van der Waals surface area contributed by atoms with Crippen LogP contribution in [0.3, 0.4) is 0 Å². The summed E-state index contributed by atoms with van der Waals surface area (Å²) in [5.41, 5.74) is 7.99. The number of hydrogen-bond donors (Lipinski definition) is 0. The second-order valence-corrected chi connectivity index (χ2v) is 7.68. The zero-order valence-corrected chi connectivity index (χ0v) is 16.4. The maximum atomic E-state index is 11.0. The van der Waals surface area contributed by atoms with Crippen molar-refractivity contribution in [2.45, 2.75) is 52.0 Å². The van der Waals surface area contributed by atoms with Crippen molar-refractivity contribution >= 4 is 5.69 Å². The molecule has 0 unspecified atom stereocenters. The first-order valence-electron chi connectivity index (χ1n) is 10.1. The lowest BCUT2D eigenvalue weighted by atomic mass is 9.92. The van der Waals surface area contributed by atoms with Crippen LogP contribution in [-0.4, -0.2) is 9.49 Å². The Bertz CT molecular complexity index is 972. The highest BCUT2D eigenvalue weighted by Crippen LogP contribution is 2.37. The molecule has 0 radical (unpaired) electrons. The standard InChI is InChI=1S/C24H26N2O2/c1-18-24(20-13-15-21(16-14-20)26(27)28)22-11-7-2-3-8-12-23(22)25(18)17-19-9-5-4-6-10-19/h4-6,9-10,13-16H,2-3,7-8,11-12,17H2,1H3. The van der Waals surface area contributed by atoms with Crippen molar-refractivity contribution in [1.29, 1.82) is 0 Å². The smallest absolute Gasteiger partial charge is 0.269 e. The molecule has 1 aliphatic carbocycles. The summed E-state index contributed by atoms with van der Waals surface area (Å²) in [7, 11) is 0. The zero-order chi connectivity index (χ0) is 19.5. The van der Waals surface area contributed by atoms with Gasteiger partial charge in [0.15, 0.2) is 0 Å². The topological polar surface area (TPSA) is 48.1 Å². The van der Waals surface area contributed by atoms with E-state index >= 15 is 0 Å². The zero-order valence-electron chi connectivity index (χ0n) is 16.4. The normalized spacial score (nSPS) is 14.2. The van der Waals surface area contributed by atoms with E-state index in [0.29, 0.717) is 0 Å². The lowest BCUT2D eigenvalue weighted by molar-refractivity contribution is -0.384. The van der Waals surface area contributed by atoms with Crippen molar-refractivity contribution in [3.63, 3.8) is 0 Å². The monoisotopic (exact) mass is 374 g/mol. The van der Waals surface area contributed by atoms with Gasteiger partial charge in [0.25, 0.3) is 5.69 Å². The average Bonchev–Trinajstić information content (AvgIpc) is 2.93. The summed E-state index contributed by atoms with van der Waals surface area (Å²) in [6.07, 6.45) is 7.21. The van der Waals surface area contributed by atoms with Gasteiger partial charge in [0.2, 0.25) is 0 Å². The lowest BCUT2D eigenvalue weighted by Crippen LogP contribution is -2.08. The molecule has 0 saturated heterocycles. The summed E-state index contributed by atoms with van der Waals surface area (Å²) in [4.78, 5) is 10.7. The van der Waals surface area contributed by atoms with Crippen LogP contribution in [0.5, 0.6) is 0 Å². The number of nitrogens with zero attached hydrogens (tertiary/aromatic N) is 2. The number of aromatic nitrogens is 1. The molecule has 0 aliphatic heterocycles. The molecule has 0 N–H and O–H groups in total. The van der Waals surface area contributed by atoms with Crippen LogP contribution in [-0.2, 0) is 19.4 Å². The van der Waals surface area contributed by atoms with E-state index in [0.717, 1.165) is 24.9 Å². The highest BCUT2D eigenvalue weighted by atomic mass is 16.6. The Morgan fingerprint density at radius 1 is 0.929 bits per heavy atom. The first-order chi connectivity index (χ1) is 13.6. The van der Waals surface area contributed by atoms with E-state index in [-0.39, 0.29) is 10.6 Å². The number of non-ortho nitro benzene ring substituents is 1. The highest BCUT2D eigenvalue weighted by molar-refractivity contribution is 5.73. The van der Waals surface area contributed by atoms with Crippen molar-refractivity contribution in [2.75, 3.05) is 0 Å². The van der Waals surface area contributed by atoms with Gasteiger partial charge in [-0.25, -0.2) is 0 Å². The van der Waals surface area contributed by atoms with Crippen LogP contribution in [0.1, 0.15) is 48.2 Å². The van der Waals surface area contributed by atoms with Gasteiger partial charge in [0.05, 0.1) is 4.92 Å². The van der Waals surface area contributed by atoms with Crippen molar-refractivity contribution in [3.8, 4) is 11.1 Å². The van der Waals surface area contributed by atoms with Crippen LogP contribution < -0.4 is 0 Å². The first kappa shape index (κ1) is 18.5. The first-order valence-corrected chi connectivity index (χ1v) is 10.1. The van der Waals surface area contributed by atoms with Crippen LogP contribution in [0, 0.1) is 17.0 Å². The fraction of sp³-hybridized carbons (Fsp3) is 0.333. The second kappa shape index (κ2) is 8.01. The number of nitro benzene ring substituents is 1. The molecule has 0 amide bonds. The molecule has 4 heteroatoms. The highest BCUT2D eigenvalue weighted by Gasteiger charge is 2.22. The Morgan fingerprint density at radius 3 is 2.29 bits per heavy atom. The quantitative estimate of drug-likeness (QED) is 0.410. The van der Waals surface area contributed by atoms with E-state index in [2.05, 4.69) is 41.8 Å². The fourth-order valence-corrected chi connectivity index (χ4v) is 4.48. The summed E-state index contributed by atoms with van der Waals surface area (Å²) in [5.74, 6) is 0. The number of fused-ring (bicyclic) bond motifs is 1. The summed E-state index contributed by atoms with van der Waals surface area (Å²) in [6, 6.07) is 17.7. The minimum Gasteiger partial charge on any atom is -0.344 e. The summed E-state index contributed by atoms with van der Waals surface area (Å²) < 4.78 is 2.48. The van der Waals surface area contributed by atoms with Crippen LogP contribution in [0.4, 0.5) is 5.69 Å². The largest absolute Gasteiger partial charge is 0.344 e.